The van der Waals surface area contributed by atoms with Crippen molar-refractivity contribution in [1.29, 1.82) is 0 Å². The maximum absolute atomic E-state index is 12.2. The van der Waals surface area contributed by atoms with Gasteiger partial charge in [0.15, 0.2) is 0 Å². The molecular weight excluding hydrogens is 254 g/mol. The van der Waals surface area contributed by atoms with Crippen molar-refractivity contribution in [3.05, 3.63) is 23.2 Å². The first-order valence-corrected chi connectivity index (χ1v) is 7.83. The summed E-state index contributed by atoms with van der Waals surface area (Å²) in [6.07, 6.45) is 7.23. The molecule has 1 aromatic heterocycles. The molecule has 20 heavy (non-hydrogen) atoms. The van der Waals surface area contributed by atoms with Gasteiger partial charge in [-0.15, -0.1) is 0 Å². The number of nitrogens with zero attached hydrogens (tertiary/aromatic N) is 1. The Morgan fingerprint density at radius 2 is 2.25 bits per heavy atom. The summed E-state index contributed by atoms with van der Waals surface area (Å²) in [6, 6.07) is 2.46. The topological polar surface area (TPSA) is 42.7 Å². The van der Waals surface area contributed by atoms with Crippen molar-refractivity contribution in [3.8, 4) is 0 Å². The Labute approximate surface area is 119 Å². The first kappa shape index (κ1) is 12.3. The van der Waals surface area contributed by atoms with Crippen LogP contribution >= 0.6 is 0 Å². The van der Waals surface area contributed by atoms with Gasteiger partial charge < -0.3 is 9.15 Å². The van der Waals surface area contributed by atoms with Gasteiger partial charge in [-0.05, 0) is 38.2 Å². The standard InChI is InChI=1S/C16H21NO3/c1-2-12-9-13-14(20-12)6-4-8-16(13)7-3-5-11-10-19-15(18)17(11)16/h9,11H,2-8,10H2,1H3/t11-,16+/m1/s1. The highest BCUT2D eigenvalue weighted by Gasteiger charge is 2.53. The number of piperidine rings is 1. The Morgan fingerprint density at radius 3 is 3.10 bits per heavy atom. The van der Waals surface area contributed by atoms with Crippen molar-refractivity contribution in [2.24, 2.45) is 0 Å². The fraction of sp³-hybridized carbons (Fsp3) is 0.688. The summed E-state index contributed by atoms with van der Waals surface area (Å²) in [7, 11) is 0. The highest BCUT2D eigenvalue weighted by molar-refractivity contribution is 5.72. The molecule has 0 aromatic carbocycles. The molecule has 3 heterocycles. The third kappa shape index (κ3) is 1.51. The number of rotatable bonds is 1. The van der Waals surface area contributed by atoms with Crippen LogP contribution in [0.4, 0.5) is 4.79 Å². The number of aryl methyl sites for hydroxylation is 2. The van der Waals surface area contributed by atoms with Gasteiger partial charge in [0.05, 0.1) is 11.6 Å². The zero-order chi connectivity index (χ0) is 13.7. The van der Waals surface area contributed by atoms with Crippen LogP contribution in [0, 0.1) is 0 Å². The van der Waals surface area contributed by atoms with Crippen LogP contribution in [0.3, 0.4) is 0 Å². The van der Waals surface area contributed by atoms with Gasteiger partial charge in [0.1, 0.15) is 18.1 Å². The predicted octanol–water partition coefficient (Wildman–Crippen LogP) is 3.38. The second-order valence-corrected chi connectivity index (χ2v) is 6.28. The van der Waals surface area contributed by atoms with E-state index in [1.807, 2.05) is 4.90 Å². The molecule has 1 amide bonds. The first-order chi connectivity index (χ1) is 9.74. The highest BCUT2D eigenvalue weighted by atomic mass is 16.6. The van der Waals surface area contributed by atoms with E-state index < -0.39 is 0 Å². The second-order valence-electron chi connectivity index (χ2n) is 6.28. The molecule has 2 saturated heterocycles. The molecule has 3 aliphatic rings. The Kier molecular flexibility index (Phi) is 2.63. The molecule has 2 fully saturated rings. The Balaban J connectivity index is 1.84. The number of cyclic esters (lactones) is 1. The molecule has 0 saturated carbocycles. The highest BCUT2D eigenvalue weighted by Crippen LogP contribution is 2.50. The third-order valence-electron chi connectivity index (χ3n) is 5.25. The number of carbonyl (C=O) groups excluding carboxylic acids is 1. The monoisotopic (exact) mass is 275 g/mol. The van der Waals surface area contributed by atoms with Crippen LogP contribution < -0.4 is 0 Å². The summed E-state index contributed by atoms with van der Waals surface area (Å²) in [5.74, 6) is 2.15. The van der Waals surface area contributed by atoms with Crippen LogP contribution in [0.25, 0.3) is 0 Å². The third-order valence-corrected chi connectivity index (χ3v) is 5.25. The SMILES string of the molecule is CCc1cc2c(o1)CCC[C@@]21CCC[C@@H]2COC(=O)N21. The number of amides is 1. The van der Waals surface area contributed by atoms with Gasteiger partial charge in [0.25, 0.3) is 0 Å². The minimum Gasteiger partial charge on any atom is -0.466 e. The molecule has 4 rings (SSSR count). The predicted molar refractivity (Wildman–Crippen MR) is 73.5 cm³/mol. The van der Waals surface area contributed by atoms with Crippen LogP contribution in [-0.2, 0) is 23.1 Å². The number of fused-ring (bicyclic) bond motifs is 4. The van der Waals surface area contributed by atoms with Crippen molar-refractivity contribution in [2.75, 3.05) is 6.61 Å². The Hall–Kier alpha value is -1.45. The molecule has 2 aliphatic heterocycles. The number of ether oxygens (including phenoxy) is 1. The van der Waals surface area contributed by atoms with Crippen molar-refractivity contribution in [3.63, 3.8) is 0 Å². The van der Waals surface area contributed by atoms with E-state index in [9.17, 15) is 4.79 Å². The maximum atomic E-state index is 12.2. The van der Waals surface area contributed by atoms with Crippen molar-refractivity contribution in [1.82, 2.24) is 4.90 Å². The Bertz CT molecular complexity index is 550. The average Bonchev–Trinajstić information content (AvgIpc) is 3.05. The molecule has 0 radical (unpaired) electrons. The minimum absolute atomic E-state index is 0.123. The van der Waals surface area contributed by atoms with E-state index in [2.05, 4.69) is 13.0 Å². The molecule has 4 heteroatoms. The number of hydrogen-bond acceptors (Lipinski definition) is 3. The van der Waals surface area contributed by atoms with E-state index in [1.165, 1.54) is 12.0 Å². The van der Waals surface area contributed by atoms with Crippen molar-refractivity contribution >= 4 is 6.09 Å². The lowest BCUT2D eigenvalue weighted by Crippen LogP contribution is -2.54. The molecule has 0 bridgehead atoms. The van der Waals surface area contributed by atoms with Gasteiger partial charge in [-0.3, -0.25) is 4.90 Å². The lowest BCUT2D eigenvalue weighted by Gasteiger charge is -2.48. The molecule has 0 unspecified atom stereocenters. The van der Waals surface area contributed by atoms with E-state index in [-0.39, 0.29) is 17.7 Å². The van der Waals surface area contributed by atoms with Crippen LogP contribution in [0.15, 0.2) is 10.5 Å². The summed E-state index contributed by atoms with van der Waals surface area (Å²) >= 11 is 0. The largest absolute Gasteiger partial charge is 0.466 e. The molecule has 1 aromatic rings. The molecule has 1 aliphatic carbocycles. The zero-order valence-electron chi connectivity index (χ0n) is 12.0. The molecule has 1 spiro atoms. The molecule has 4 nitrogen and oxygen atoms in total. The lowest BCUT2D eigenvalue weighted by molar-refractivity contribution is 0.0388. The number of carbonyl (C=O) groups is 1. The number of furan rings is 1. The van der Waals surface area contributed by atoms with Gasteiger partial charge in [0, 0.05) is 18.4 Å². The van der Waals surface area contributed by atoms with Crippen LogP contribution in [-0.4, -0.2) is 23.6 Å². The summed E-state index contributed by atoms with van der Waals surface area (Å²) in [6.45, 7) is 2.68. The van der Waals surface area contributed by atoms with Gasteiger partial charge in [-0.25, -0.2) is 4.79 Å². The van der Waals surface area contributed by atoms with Crippen molar-refractivity contribution < 1.29 is 13.9 Å². The zero-order valence-corrected chi connectivity index (χ0v) is 12.0. The summed E-state index contributed by atoms with van der Waals surface area (Å²) in [5.41, 5.74) is 1.12. The van der Waals surface area contributed by atoms with Gasteiger partial charge in [0.2, 0.25) is 0 Å². The lowest BCUT2D eigenvalue weighted by atomic mass is 9.72. The summed E-state index contributed by atoms with van der Waals surface area (Å²) in [5, 5.41) is 0. The molecule has 0 N–H and O–H groups in total. The van der Waals surface area contributed by atoms with E-state index in [0.717, 1.165) is 50.0 Å². The second kappa shape index (κ2) is 4.27. The fourth-order valence-electron chi connectivity index (χ4n) is 4.37. The minimum atomic E-state index is -0.152. The quantitative estimate of drug-likeness (QED) is 0.789. The smallest absolute Gasteiger partial charge is 0.410 e. The summed E-state index contributed by atoms with van der Waals surface area (Å²) in [4.78, 5) is 14.3. The van der Waals surface area contributed by atoms with Crippen LogP contribution in [0.1, 0.15) is 56.1 Å². The normalized spacial score (nSPS) is 32.1. The number of hydrogen-bond donors (Lipinski definition) is 0. The van der Waals surface area contributed by atoms with E-state index in [1.54, 1.807) is 0 Å². The molecule has 2 atom stereocenters. The van der Waals surface area contributed by atoms with Crippen LogP contribution in [0.5, 0.6) is 0 Å². The van der Waals surface area contributed by atoms with Gasteiger partial charge in [-0.1, -0.05) is 6.92 Å². The maximum Gasteiger partial charge on any atom is 0.410 e. The Morgan fingerprint density at radius 1 is 1.40 bits per heavy atom. The van der Waals surface area contributed by atoms with Crippen LogP contribution in [0.2, 0.25) is 0 Å². The van der Waals surface area contributed by atoms with Gasteiger partial charge in [-0.2, -0.15) is 0 Å². The summed E-state index contributed by atoms with van der Waals surface area (Å²) < 4.78 is 11.3. The molecule has 108 valence electrons. The fourth-order valence-corrected chi connectivity index (χ4v) is 4.37. The first-order valence-electron chi connectivity index (χ1n) is 7.83. The molecular formula is C16H21NO3. The average molecular weight is 275 g/mol. The van der Waals surface area contributed by atoms with E-state index in [4.69, 9.17) is 9.15 Å². The van der Waals surface area contributed by atoms with Gasteiger partial charge >= 0.3 is 6.09 Å². The van der Waals surface area contributed by atoms with E-state index in [0.29, 0.717) is 6.61 Å². The van der Waals surface area contributed by atoms with Crippen molar-refractivity contribution in [2.45, 2.75) is 63.5 Å². The van der Waals surface area contributed by atoms with E-state index >= 15 is 0 Å².